The molecule has 0 saturated carbocycles. The number of carbonyl (C=O) groups is 3. The van der Waals surface area contributed by atoms with Gasteiger partial charge in [0.05, 0.1) is 14.2 Å². The molecule has 2 aromatic rings. The number of methoxy groups -OCH3 is 2. The van der Waals surface area contributed by atoms with Gasteiger partial charge >= 0.3 is 11.9 Å². The van der Waals surface area contributed by atoms with Gasteiger partial charge in [-0.25, -0.2) is 14.0 Å². The highest BCUT2D eigenvalue weighted by molar-refractivity contribution is 6.27. The molecule has 172 valence electrons. The fourth-order valence-corrected chi connectivity index (χ4v) is 3.13. The smallest absolute Gasteiger partial charge is 0.414 e. The largest absolute Gasteiger partial charge is 0.497 e. The van der Waals surface area contributed by atoms with Gasteiger partial charge in [-0.3, -0.25) is 9.69 Å². The number of piperazine rings is 1. The van der Waals surface area contributed by atoms with E-state index in [4.69, 9.17) is 29.3 Å². The van der Waals surface area contributed by atoms with E-state index in [1.165, 1.54) is 24.3 Å². The first-order valence-electron chi connectivity index (χ1n) is 9.69. The summed E-state index contributed by atoms with van der Waals surface area (Å²) in [6, 6.07) is 11.5. The molecule has 0 atom stereocenters. The molecule has 32 heavy (non-hydrogen) atoms. The second kappa shape index (κ2) is 11.7. The van der Waals surface area contributed by atoms with E-state index in [1.807, 2.05) is 23.1 Å². The molecular formula is C22H25FN2O7. The van der Waals surface area contributed by atoms with Crippen molar-refractivity contribution < 1.29 is 38.5 Å². The number of hydrogen-bond donors (Lipinski definition) is 2. The molecule has 1 amide bonds. The normalized spacial score (nSPS) is 13.5. The molecule has 1 saturated heterocycles. The quantitative estimate of drug-likeness (QED) is 0.667. The van der Waals surface area contributed by atoms with Crippen LogP contribution in [-0.4, -0.2) is 78.3 Å². The summed E-state index contributed by atoms with van der Waals surface area (Å²) < 4.78 is 23.7. The zero-order valence-corrected chi connectivity index (χ0v) is 17.8. The van der Waals surface area contributed by atoms with Gasteiger partial charge in [0.1, 0.15) is 17.3 Å². The van der Waals surface area contributed by atoms with E-state index >= 15 is 0 Å². The molecule has 2 N–H and O–H groups in total. The van der Waals surface area contributed by atoms with Gasteiger partial charge in [0.2, 0.25) is 0 Å². The summed E-state index contributed by atoms with van der Waals surface area (Å²) in [5.74, 6) is -2.41. The molecule has 0 spiro atoms. The Morgan fingerprint density at radius 1 is 0.906 bits per heavy atom. The minimum Gasteiger partial charge on any atom is -0.497 e. The van der Waals surface area contributed by atoms with Crippen molar-refractivity contribution in [3.8, 4) is 11.5 Å². The first-order valence-corrected chi connectivity index (χ1v) is 9.69. The molecule has 1 heterocycles. The van der Waals surface area contributed by atoms with Gasteiger partial charge in [-0.15, -0.1) is 0 Å². The zero-order chi connectivity index (χ0) is 23.7. The van der Waals surface area contributed by atoms with Crippen LogP contribution in [-0.2, 0) is 16.1 Å². The Bertz CT molecular complexity index is 930. The van der Waals surface area contributed by atoms with Crippen LogP contribution in [0, 0.1) is 5.82 Å². The van der Waals surface area contributed by atoms with E-state index in [2.05, 4.69) is 4.90 Å². The lowest BCUT2D eigenvalue weighted by molar-refractivity contribution is -0.159. The van der Waals surface area contributed by atoms with Gasteiger partial charge in [0.15, 0.2) is 0 Å². The highest BCUT2D eigenvalue weighted by Crippen LogP contribution is 2.25. The van der Waals surface area contributed by atoms with Gasteiger partial charge in [-0.2, -0.15) is 0 Å². The number of carboxylic acids is 2. The summed E-state index contributed by atoms with van der Waals surface area (Å²) in [4.78, 5) is 34.8. The van der Waals surface area contributed by atoms with E-state index in [9.17, 15) is 9.18 Å². The third-order valence-electron chi connectivity index (χ3n) is 4.82. The molecule has 0 unspecified atom stereocenters. The SMILES string of the molecule is COc1ccc(OC)c(CN2CCN(C(=O)c3ccc(F)cc3)CC2)c1.O=C(O)C(=O)O. The molecule has 0 aliphatic carbocycles. The first-order chi connectivity index (χ1) is 15.2. The molecule has 0 radical (unpaired) electrons. The maximum Gasteiger partial charge on any atom is 0.414 e. The highest BCUT2D eigenvalue weighted by Gasteiger charge is 2.23. The summed E-state index contributed by atoms with van der Waals surface area (Å²) in [5.41, 5.74) is 1.58. The van der Waals surface area contributed by atoms with E-state index in [-0.39, 0.29) is 11.7 Å². The Balaban J connectivity index is 0.000000534. The first kappa shape index (κ1) is 24.6. The number of amides is 1. The van der Waals surface area contributed by atoms with Crippen LogP contribution in [0.5, 0.6) is 11.5 Å². The predicted molar refractivity (Wildman–Crippen MR) is 112 cm³/mol. The van der Waals surface area contributed by atoms with Crippen LogP contribution in [0.15, 0.2) is 42.5 Å². The Hall–Kier alpha value is -3.66. The molecule has 1 fully saturated rings. The third-order valence-corrected chi connectivity index (χ3v) is 4.82. The van der Waals surface area contributed by atoms with Crippen molar-refractivity contribution in [2.45, 2.75) is 6.54 Å². The lowest BCUT2D eigenvalue weighted by Gasteiger charge is -2.35. The van der Waals surface area contributed by atoms with Crippen LogP contribution in [0.4, 0.5) is 4.39 Å². The summed E-state index contributed by atoms with van der Waals surface area (Å²) in [7, 11) is 3.30. The van der Waals surface area contributed by atoms with Gasteiger partial charge in [-0.05, 0) is 42.5 Å². The maximum atomic E-state index is 13.0. The van der Waals surface area contributed by atoms with E-state index in [0.717, 1.165) is 36.7 Å². The standard InChI is InChI=1S/C20H23FN2O3.C2H2O4/c1-25-18-7-8-19(26-2)16(13-18)14-22-9-11-23(12-10-22)20(24)15-3-5-17(21)6-4-15;3-1(4)2(5)6/h3-8,13H,9-12,14H2,1-2H3;(H,3,4)(H,5,6). The molecule has 2 aromatic carbocycles. The minimum atomic E-state index is -1.82. The number of benzene rings is 2. The van der Waals surface area contributed by atoms with Crippen molar-refractivity contribution in [3.63, 3.8) is 0 Å². The van der Waals surface area contributed by atoms with Gasteiger partial charge < -0.3 is 24.6 Å². The summed E-state index contributed by atoms with van der Waals surface area (Å²) in [6.45, 7) is 3.56. The third kappa shape index (κ3) is 6.95. The Kier molecular flexibility index (Phi) is 8.96. The fourth-order valence-electron chi connectivity index (χ4n) is 3.13. The van der Waals surface area contributed by atoms with Crippen LogP contribution in [0.25, 0.3) is 0 Å². The number of halogens is 1. The van der Waals surface area contributed by atoms with E-state index in [1.54, 1.807) is 14.2 Å². The Morgan fingerprint density at radius 2 is 1.50 bits per heavy atom. The van der Waals surface area contributed by atoms with Crippen LogP contribution >= 0.6 is 0 Å². The van der Waals surface area contributed by atoms with Gasteiger partial charge in [0, 0.05) is 43.9 Å². The molecule has 0 aromatic heterocycles. The Labute approximate surface area is 184 Å². The maximum absolute atomic E-state index is 13.0. The van der Waals surface area contributed by atoms with Crippen LogP contribution < -0.4 is 9.47 Å². The summed E-state index contributed by atoms with van der Waals surface area (Å²) in [6.07, 6.45) is 0. The van der Waals surface area contributed by atoms with Crippen molar-refractivity contribution in [2.75, 3.05) is 40.4 Å². The molecule has 10 heteroatoms. The second-order valence-corrected chi connectivity index (χ2v) is 6.86. The highest BCUT2D eigenvalue weighted by atomic mass is 19.1. The van der Waals surface area contributed by atoms with Gasteiger partial charge in [-0.1, -0.05) is 0 Å². The van der Waals surface area contributed by atoms with Crippen molar-refractivity contribution >= 4 is 17.8 Å². The number of rotatable bonds is 5. The van der Waals surface area contributed by atoms with Crippen molar-refractivity contribution in [3.05, 3.63) is 59.4 Å². The number of hydrogen-bond acceptors (Lipinski definition) is 6. The Morgan fingerprint density at radius 3 is 2.00 bits per heavy atom. The monoisotopic (exact) mass is 448 g/mol. The van der Waals surface area contributed by atoms with Crippen LogP contribution in [0.1, 0.15) is 15.9 Å². The number of carbonyl (C=O) groups excluding carboxylic acids is 1. The predicted octanol–water partition coefficient (Wildman–Crippen LogP) is 1.96. The average molecular weight is 448 g/mol. The molecule has 0 bridgehead atoms. The molecule has 9 nitrogen and oxygen atoms in total. The molecular weight excluding hydrogens is 423 g/mol. The number of nitrogens with zero attached hydrogens (tertiary/aromatic N) is 2. The average Bonchev–Trinajstić information content (AvgIpc) is 2.80. The summed E-state index contributed by atoms with van der Waals surface area (Å²) in [5, 5.41) is 14.8. The van der Waals surface area contributed by atoms with Crippen LogP contribution in [0.2, 0.25) is 0 Å². The number of ether oxygens (including phenoxy) is 2. The zero-order valence-electron chi connectivity index (χ0n) is 17.8. The molecule has 3 rings (SSSR count). The number of carboxylic acid groups (broad SMARTS) is 2. The lowest BCUT2D eigenvalue weighted by atomic mass is 10.1. The van der Waals surface area contributed by atoms with Gasteiger partial charge in [0.25, 0.3) is 5.91 Å². The summed E-state index contributed by atoms with van der Waals surface area (Å²) >= 11 is 0. The van der Waals surface area contributed by atoms with E-state index in [0.29, 0.717) is 18.7 Å². The topological polar surface area (TPSA) is 117 Å². The van der Waals surface area contributed by atoms with Crippen LogP contribution in [0.3, 0.4) is 0 Å². The molecule has 1 aliphatic rings. The fraction of sp³-hybridized carbons (Fsp3) is 0.318. The van der Waals surface area contributed by atoms with Crippen molar-refractivity contribution in [1.82, 2.24) is 9.80 Å². The molecule has 1 aliphatic heterocycles. The lowest BCUT2D eigenvalue weighted by Crippen LogP contribution is -2.48. The second-order valence-electron chi connectivity index (χ2n) is 6.86. The minimum absolute atomic E-state index is 0.0522. The van der Waals surface area contributed by atoms with Crippen molar-refractivity contribution in [2.24, 2.45) is 0 Å². The van der Waals surface area contributed by atoms with Crippen molar-refractivity contribution in [1.29, 1.82) is 0 Å². The number of aliphatic carboxylic acids is 2. The van der Waals surface area contributed by atoms with E-state index < -0.39 is 11.9 Å².